The molecule has 0 aliphatic carbocycles. The normalized spacial score (nSPS) is 11.3. The van der Waals surface area contributed by atoms with E-state index in [1.807, 2.05) is 0 Å². The summed E-state index contributed by atoms with van der Waals surface area (Å²) in [5, 5.41) is 19.5. The molecule has 1 rings (SSSR count). The van der Waals surface area contributed by atoms with E-state index in [1.165, 1.54) is 23.1 Å². The Hall–Kier alpha value is -1.31. The van der Waals surface area contributed by atoms with Crippen LogP contribution in [0.2, 0.25) is 5.02 Å². The van der Waals surface area contributed by atoms with E-state index in [0.29, 0.717) is 5.56 Å². The first kappa shape index (κ1) is 15.7. The summed E-state index contributed by atoms with van der Waals surface area (Å²) in [6.45, 7) is -0.565. The molecule has 0 saturated carbocycles. The molecule has 0 fully saturated rings. The lowest BCUT2D eigenvalue weighted by molar-refractivity contribution is -0.384. The van der Waals surface area contributed by atoms with Crippen molar-refractivity contribution in [2.45, 2.75) is 13.0 Å². The molecule has 0 saturated heterocycles. The number of nitro benzene ring substituents is 1. The van der Waals surface area contributed by atoms with E-state index >= 15 is 0 Å². The fourth-order valence-corrected chi connectivity index (χ4v) is 1.82. The zero-order valence-corrected chi connectivity index (χ0v) is 10.7. The highest BCUT2D eigenvalue weighted by Gasteiger charge is 2.15. The van der Waals surface area contributed by atoms with Crippen LogP contribution in [0.15, 0.2) is 18.2 Å². The number of alkyl halides is 2. The summed E-state index contributed by atoms with van der Waals surface area (Å²) in [5.41, 5.74) is 0.345. The van der Waals surface area contributed by atoms with Crippen LogP contribution in [0.1, 0.15) is 5.56 Å². The molecule has 5 nitrogen and oxygen atoms in total. The van der Waals surface area contributed by atoms with Gasteiger partial charge in [0.1, 0.15) is 0 Å². The van der Waals surface area contributed by atoms with Gasteiger partial charge in [0.25, 0.3) is 12.1 Å². The number of non-ortho nitro benzene ring substituents is 1. The fourth-order valence-electron chi connectivity index (χ4n) is 1.59. The second kappa shape index (κ2) is 7.32. The van der Waals surface area contributed by atoms with Crippen LogP contribution in [0.5, 0.6) is 0 Å². The Balaban J connectivity index is 2.81. The minimum Gasteiger partial charge on any atom is -0.395 e. The molecule has 0 bridgehead atoms. The van der Waals surface area contributed by atoms with Crippen molar-refractivity contribution in [2.75, 3.05) is 19.7 Å². The SMILES string of the molecule is O=[N+]([O-])c1ccc(CN(CCO)CC(F)F)c(Cl)c1. The highest BCUT2D eigenvalue weighted by atomic mass is 35.5. The lowest BCUT2D eigenvalue weighted by Crippen LogP contribution is -2.31. The molecule has 0 heterocycles. The average molecular weight is 295 g/mol. The number of nitrogens with zero attached hydrogens (tertiary/aromatic N) is 2. The van der Waals surface area contributed by atoms with Crippen molar-refractivity contribution in [1.82, 2.24) is 4.90 Å². The first-order valence-electron chi connectivity index (χ1n) is 5.48. The van der Waals surface area contributed by atoms with E-state index in [1.54, 1.807) is 0 Å². The van der Waals surface area contributed by atoms with Crippen molar-refractivity contribution in [3.05, 3.63) is 38.9 Å². The zero-order valence-electron chi connectivity index (χ0n) is 9.93. The Bertz CT molecular complexity index is 446. The number of benzene rings is 1. The Morgan fingerprint density at radius 1 is 1.47 bits per heavy atom. The summed E-state index contributed by atoms with van der Waals surface area (Å²) in [6.07, 6.45) is -2.52. The predicted octanol–water partition coefficient (Wildman–Crippen LogP) is 2.31. The van der Waals surface area contributed by atoms with Gasteiger partial charge in [0.15, 0.2) is 0 Å². The lowest BCUT2D eigenvalue weighted by atomic mass is 10.2. The van der Waals surface area contributed by atoms with Gasteiger partial charge < -0.3 is 5.11 Å². The number of hydrogen-bond donors (Lipinski definition) is 1. The van der Waals surface area contributed by atoms with Gasteiger partial charge in [0.05, 0.1) is 23.1 Å². The Morgan fingerprint density at radius 3 is 2.63 bits per heavy atom. The quantitative estimate of drug-likeness (QED) is 0.619. The van der Waals surface area contributed by atoms with Crippen LogP contribution in [-0.2, 0) is 6.54 Å². The highest BCUT2D eigenvalue weighted by molar-refractivity contribution is 6.31. The molecule has 1 N–H and O–H groups in total. The van der Waals surface area contributed by atoms with Gasteiger partial charge in [-0.05, 0) is 11.6 Å². The first-order valence-corrected chi connectivity index (χ1v) is 5.86. The van der Waals surface area contributed by atoms with Crippen molar-refractivity contribution in [1.29, 1.82) is 0 Å². The molecule has 8 heteroatoms. The smallest absolute Gasteiger partial charge is 0.270 e. The van der Waals surface area contributed by atoms with E-state index < -0.39 is 17.9 Å². The van der Waals surface area contributed by atoms with E-state index in [2.05, 4.69) is 0 Å². The predicted molar refractivity (Wildman–Crippen MR) is 66.5 cm³/mol. The van der Waals surface area contributed by atoms with Crippen molar-refractivity contribution < 1.29 is 18.8 Å². The molecule has 1 aromatic carbocycles. The highest BCUT2D eigenvalue weighted by Crippen LogP contribution is 2.23. The molecule has 0 aliphatic heterocycles. The molecule has 1 aromatic rings. The fraction of sp³-hybridized carbons (Fsp3) is 0.455. The molecule has 0 unspecified atom stereocenters. The second-order valence-electron chi connectivity index (χ2n) is 3.88. The van der Waals surface area contributed by atoms with E-state index in [-0.39, 0.29) is 30.4 Å². The number of aliphatic hydroxyl groups is 1. The van der Waals surface area contributed by atoms with Gasteiger partial charge in [0.2, 0.25) is 0 Å². The number of rotatable bonds is 7. The van der Waals surface area contributed by atoms with Gasteiger partial charge in [-0.2, -0.15) is 0 Å². The van der Waals surface area contributed by atoms with Crippen LogP contribution in [0.25, 0.3) is 0 Å². The number of nitro groups is 1. The van der Waals surface area contributed by atoms with Crippen LogP contribution < -0.4 is 0 Å². The maximum Gasteiger partial charge on any atom is 0.270 e. The summed E-state index contributed by atoms with van der Waals surface area (Å²) < 4.78 is 24.7. The van der Waals surface area contributed by atoms with Crippen LogP contribution in [-0.4, -0.2) is 41.1 Å². The lowest BCUT2D eigenvalue weighted by Gasteiger charge is -2.21. The molecule has 0 radical (unpaired) electrons. The molecule has 0 aromatic heterocycles. The van der Waals surface area contributed by atoms with Crippen molar-refractivity contribution in [2.24, 2.45) is 0 Å². The van der Waals surface area contributed by atoms with Gasteiger partial charge >= 0.3 is 0 Å². The first-order chi connectivity index (χ1) is 8.93. The number of hydrogen-bond acceptors (Lipinski definition) is 4. The molecular formula is C11H13ClF2N2O3. The minimum absolute atomic E-state index is 0.0810. The van der Waals surface area contributed by atoms with Crippen molar-refractivity contribution in [3.8, 4) is 0 Å². The van der Waals surface area contributed by atoms with Crippen LogP contribution in [0.4, 0.5) is 14.5 Å². The summed E-state index contributed by atoms with van der Waals surface area (Å²) >= 11 is 5.87. The molecule has 0 spiro atoms. The van der Waals surface area contributed by atoms with Gasteiger partial charge in [-0.1, -0.05) is 11.6 Å². The Kier molecular flexibility index (Phi) is 6.07. The standard InChI is InChI=1S/C11H13ClF2N2O3/c12-10-5-9(16(18)19)2-1-8(10)6-15(3-4-17)7-11(13)14/h1-2,5,11,17H,3-4,6-7H2. The Morgan fingerprint density at radius 2 is 2.16 bits per heavy atom. The molecule has 0 aliphatic rings. The monoisotopic (exact) mass is 294 g/mol. The number of aliphatic hydroxyl groups excluding tert-OH is 1. The number of halogens is 3. The molecule has 0 atom stereocenters. The third-order valence-electron chi connectivity index (χ3n) is 2.45. The summed E-state index contributed by atoms with van der Waals surface area (Å²) in [4.78, 5) is 11.3. The molecule has 19 heavy (non-hydrogen) atoms. The van der Waals surface area contributed by atoms with Gasteiger partial charge in [-0.25, -0.2) is 8.78 Å². The second-order valence-corrected chi connectivity index (χ2v) is 4.29. The zero-order chi connectivity index (χ0) is 14.4. The minimum atomic E-state index is -2.52. The third-order valence-corrected chi connectivity index (χ3v) is 2.81. The van der Waals surface area contributed by atoms with Crippen molar-refractivity contribution >= 4 is 17.3 Å². The van der Waals surface area contributed by atoms with Gasteiger partial charge in [-0.15, -0.1) is 0 Å². The summed E-state index contributed by atoms with van der Waals surface area (Å²) in [6, 6.07) is 3.87. The Labute approximate surface area is 113 Å². The molecular weight excluding hydrogens is 282 g/mol. The maximum atomic E-state index is 12.3. The van der Waals surface area contributed by atoms with Gasteiger partial charge in [-0.3, -0.25) is 15.0 Å². The third kappa shape index (κ3) is 5.06. The van der Waals surface area contributed by atoms with Crippen LogP contribution in [0.3, 0.4) is 0 Å². The van der Waals surface area contributed by atoms with Crippen molar-refractivity contribution in [3.63, 3.8) is 0 Å². The van der Waals surface area contributed by atoms with E-state index in [9.17, 15) is 18.9 Å². The summed E-state index contributed by atoms with van der Waals surface area (Å²) in [7, 11) is 0. The maximum absolute atomic E-state index is 12.3. The molecule has 106 valence electrons. The van der Waals surface area contributed by atoms with Crippen LogP contribution in [0, 0.1) is 10.1 Å². The largest absolute Gasteiger partial charge is 0.395 e. The van der Waals surface area contributed by atoms with Gasteiger partial charge in [0, 0.05) is 25.2 Å². The molecule has 0 amide bonds. The topological polar surface area (TPSA) is 66.6 Å². The average Bonchev–Trinajstić information content (AvgIpc) is 2.31. The van der Waals surface area contributed by atoms with E-state index in [0.717, 1.165) is 0 Å². The van der Waals surface area contributed by atoms with E-state index in [4.69, 9.17) is 16.7 Å². The van der Waals surface area contributed by atoms with Crippen LogP contribution >= 0.6 is 11.6 Å². The summed E-state index contributed by atoms with van der Waals surface area (Å²) in [5.74, 6) is 0.